The van der Waals surface area contributed by atoms with Gasteiger partial charge in [-0.1, -0.05) is 192 Å². The van der Waals surface area contributed by atoms with Crippen molar-refractivity contribution in [3.05, 3.63) is 24.3 Å². The van der Waals surface area contributed by atoms with Crippen LogP contribution in [0.1, 0.15) is 206 Å². The maximum absolute atomic E-state index is 12.9. The lowest BCUT2D eigenvalue weighted by molar-refractivity contribution is -0.302. The van der Waals surface area contributed by atoms with E-state index in [1.165, 1.54) is 141 Å². The first-order valence-electron chi connectivity index (χ1n) is 23.0. The minimum Gasteiger partial charge on any atom is -0.394 e. The fourth-order valence-corrected chi connectivity index (χ4v) is 7.33. The largest absolute Gasteiger partial charge is 0.394 e. The summed E-state index contributed by atoms with van der Waals surface area (Å²) in [6.45, 7) is 3.79. The number of unbranched alkanes of at least 4 members (excludes halogenated alkanes) is 24. The van der Waals surface area contributed by atoms with Crippen molar-refractivity contribution in [3.63, 3.8) is 0 Å². The van der Waals surface area contributed by atoms with Gasteiger partial charge in [-0.2, -0.15) is 0 Å². The number of allylic oxidation sites excluding steroid dienone is 4. The molecular weight excluding hydrogens is 695 g/mol. The predicted molar refractivity (Wildman–Crippen MR) is 226 cm³/mol. The molecule has 0 aromatic heterocycles. The van der Waals surface area contributed by atoms with Gasteiger partial charge in [-0.05, 0) is 32.1 Å². The van der Waals surface area contributed by atoms with Crippen LogP contribution in [0.5, 0.6) is 0 Å². The molecule has 0 aromatic carbocycles. The monoisotopic (exact) mass is 782 g/mol. The van der Waals surface area contributed by atoms with E-state index in [1.54, 1.807) is 0 Å². The molecule has 1 amide bonds. The number of ether oxygens (including phenoxy) is 2. The Balaban J connectivity index is 2.34. The van der Waals surface area contributed by atoms with Crippen LogP contribution < -0.4 is 5.32 Å². The van der Waals surface area contributed by atoms with Crippen molar-refractivity contribution >= 4 is 5.91 Å². The molecule has 1 heterocycles. The Labute approximate surface area is 337 Å². The van der Waals surface area contributed by atoms with E-state index in [0.29, 0.717) is 12.8 Å². The fourth-order valence-electron chi connectivity index (χ4n) is 7.33. The normalized spacial score (nSPS) is 21.5. The Kier molecular flexibility index (Phi) is 34.7. The van der Waals surface area contributed by atoms with Crippen LogP contribution in [0, 0.1) is 0 Å². The van der Waals surface area contributed by atoms with Crippen LogP contribution in [0.15, 0.2) is 24.3 Å². The van der Waals surface area contributed by atoms with Crippen LogP contribution in [-0.2, 0) is 14.3 Å². The molecule has 0 saturated carbocycles. The van der Waals surface area contributed by atoms with Gasteiger partial charge in [0.2, 0.25) is 5.91 Å². The van der Waals surface area contributed by atoms with E-state index in [-0.39, 0.29) is 18.9 Å². The first kappa shape index (κ1) is 51.7. The van der Waals surface area contributed by atoms with E-state index in [1.807, 2.05) is 6.08 Å². The molecule has 1 fully saturated rings. The Morgan fingerprint density at radius 3 is 1.56 bits per heavy atom. The average Bonchev–Trinajstić information content (AvgIpc) is 3.18. The summed E-state index contributed by atoms with van der Waals surface area (Å²) in [6.07, 6.45) is 36.3. The molecule has 0 aliphatic carbocycles. The number of aliphatic hydroxyl groups excluding tert-OH is 5. The van der Waals surface area contributed by atoms with Crippen LogP contribution in [0.3, 0.4) is 0 Å². The summed E-state index contributed by atoms with van der Waals surface area (Å²) in [5, 5.41) is 54.3. The minimum absolute atomic E-state index is 0.159. The van der Waals surface area contributed by atoms with Gasteiger partial charge in [0, 0.05) is 6.42 Å². The maximum Gasteiger partial charge on any atom is 0.220 e. The van der Waals surface area contributed by atoms with Gasteiger partial charge in [0.05, 0.1) is 25.4 Å². The summed E-state index contributed by atoms with van der Waals surface area (Å²) in [5.74, 6) is -0.210. The third-order valence-corrected chi connectivity index (χ3v) is 11.1. The predicted octanol–water partition coefficient (Wildman–Crippen LogP) is 9.50. The second-order valence-electron chi connectivity index (χ2n) is 16.2. The van der Waals surface area contributed by atoms with Crippen molar-refractivity contribution in [2.24, 2.45) is 0 Å². The number of hydrogen-bond donors (Lipinski definition) is 6. The molecule has 6 N–H and O–H groups in total. The Hall–Kier alpha value is -1.33. The molecule has 1 aliphatic heterocycles. The highest BCUT2D eigenvalue weighted by atomic mass is 16.7. The van der Waals surface area contributed by atoms with Crippen molar-refractivity contribution in [2.75, 3.05) is 13.2 Å². The molecule has 1 aliphatic rings. The van der Waals surface area contributed by atoms with Gasteiger partial charge in [0.25, 0.3) is 0 Å². The maximum atomic E-state index is 12.9. The van der Waals surface area contributed by atoms with Crippen molar-refractivity contribution in [1.29, 1.82) is 0 Å². The van der Waals surface area contributed by atoms with Crippen LogP contribution in [0.4, 0.5) is 0 Å². The van der Waals surface area contributed by atoms with Crippen molar-refractivity contribution in [3.8, 4) is 0 Å². The highest BCUT2D eigenvalue weighted by Crippen LogP contribution is 2.23. The Morgan fingerprint density at radius 1 is 0.618 bits per heavy atom. The molecule has 9 heteroatoms. The zero-order valence-corrected chi connectivity index (χ0v) is 35.4. The summed E-state index contributed by atoms with van der Waals surface area (Å²) >= 11 is 0. The lowest BCUT2D eigenvalue weighted by atomic mass is 9.99. The second-order valence-corrected chi connectivity index (χ2v) is 16.2. The van der Waals surface area contributed by atoms with Gasteiger partial charge in [-0.3, -0.25) is 4.79 Å². The lowest BCUT2D eigenvalue weighted by Crippen LogP contribution is -2.60. The van der Waals surface area contributed by atoms with E-state index in [4.69, 9.17) is 9.47 Å². The number of carbonyl (C=O) groups excluding carboxylic acids is 1. The van der Waals surface area contributed by atoms with Crippen molar-refractivity contribution in [1.82, 2.24) is 5.32 Å². The van der Waals surface area contributed by atoms with E-state index >= 15 is 0 Å². The Morgan fingerprint density at radius 2 is 1.07 bits per heavy atom. The fraction of sp³-hybridized carbons (Fsp3) is 0.891. The van der Waals surface area contributed by atoms with Gasteiger partial charge in [-0.15, -0.1) is 0 Å². The van der Waals surface area contributed by atoms with E-state index in [0.717, 1.165) is 32.1 Å². The van der Waals surface area contributed by atoms with Crippen LogP contribution in [0.25, 0.3) is 0 Å². The van der Waals surface area contributed by atoms with Crippen LogP contribution >= 0.6 is 0 Å². The molecule has 0 spiro atoms. The first-order valence-corrected chi connectivity index (χ1v) is 23.0. The van der Waals surface area contributed by atoms with Crippen molar-refractivity contribution in [2.45, 2.75) is 249 Å². The van der Waals surface area contributed by atoms with Crippen LogP contribution in [-0.4, -0.2) is 87.5 Å². The summed E-state index contributed by atoms with van der Waals surface area (Å²) < 4.78 is 11.2. The number of hydrogen-bond acceptors (Lipinski definition) is 8. The molecular formula is C46H87NO8. The van der Waals surface area contributed by atoms with Gasteiger partial charge >= 0.3 is 0 Å². The summed E-state index contributed by atoms with van der Waals surface area (Å²) in [7, 11) is 0. The van der Waals surface area contributed by atoms with Gasteiger partial charge in [0.1, 0.15) is 24.4 Å². The molecule has 7 atom stereocenters. The van der Waals surface area contributed by atoms with E-state index in [2.05, 4.69) is 37.4 Å². The third kappa shape index (κ3) is 27.9. The average molecular weight is 782 g/mol. The number of amides is 1. The highest BCUT2D eigenvalue weighted by molar-refractivity contribution is 5.76. The summed E-state index contributed by atoms with van der Waals surface area (Å²) in [5.41, 5.74) is 0. The molecule has 1 rings (SSSR count). The molecule has 324 valence electrons. The molecule has 1 saturated heterocycles. The zero-order chi connectivity index (χ0) is 40.2. The van der Waals surface area contributed by atoms with Gasteiger partial charge < -0.3 is 40.3 Å². The summed E-state index contributed by atoms with van der Waals surface area (Å²) in [6, 6.07) is -0.746. The van der Waals surface area contributed by atoms with Crippen LogP contribution in [0.2, 0.25) is 0 Å². The number of nitrogens with one attached hydrogen (secondary N) is 1. The third-order valence-electron chi connectivity index (χ3n) is 11.1. The summed E-state index contributed by atoms with van der Waals surface area (Å²) in [4.78, 5) is 12.9. The first-order chi connectivity index (χ1) is 26.8. The second kappa shape index (κ2) is 37.0. The molecule has 7 unspecified atom stereocenters. The van der Waals surface area contributed by atoms with Crippen molar-refractivity contribution < 1.29 is 39.8 Å². The van der Waals surface area contributed by atoms with E-state index < -0.39 is 49.5 Å². The highest BCUT2D eigenvalue weighted by Gasteiger charge is 2.44. The number of carbonyl (C=O) groups is 1. The molecule has 0 bridgehead atoms. The van der Waals surface area contributed by atoms with Gasteiger partial charge in [-0.25, -0.2) is 0 Å². The zero-order valence-electron chi connectivity index (χ0n) is 35.4. The van der Waals surface area contributed by atoms with E-state index in [9.17, 15) is 30.3 Å². The lowest BCUT2D eigenvalue weighted by Gasteiger charge is -2.40. The standard InChI is InChI=1S/C46H87NO8/c1-3-5-7-9-11-13-15-17-18-19-20-21-22-24-25-27-29-31-33-35-40(49)39(38-54-46-45(53)44(52)43(51)41(37-48)55-46)47-42(50)36-34-32-30-28-26-23-16-14-12-10-8-6-4-2/h23,26,30,32,39-41,43-46,48-49,51-53H,3-22,24-25,27-29,31,33-38H2,1-2H3,(H,47,50)/b26-23-,32-30-. The Bertz CT molecular complexity index is 914. The number of aliphatic hydroxyl groups is 5. The molecule has 0 aromatic rings. The quantitative estimate of drug-likeness (QED) is 0.0268. The smallest absolute Gasteiger partial charge is 0.220 e. The molecule has 0 radical (unpaired) electrons. The minimum atomic E-state index is -1.56. The topological polar surface area (TPSA) is 149 Å². The molecule has 55 heavy (non-hydrogen) atoms. The SMILES string of the molecule is CCCCCCCC/C=C\C/C=C\CCC(=O)NC(COC1OC(CO)C(O)C(O)C1O)C(O)CCCCCCCCCCCCCCCCCCCCC. The number of rotatable bonds is 38. The van der Waals surface area contributed by atoms with Gasteiger partial charge in [0.15, 0.2) is 6.29 Å². The molecule has 9 nitrogen and oxygen atoms in total.